The van der Waals surface area contributed by atoms with Gasteiger partial charge in [-0.05, 0) is 39.7 Å². The van der Waals surface area contributed by atoms with E-state index in [-0.39, 0.29) is 12.5 Å². The highest BCUT2D eigenvalue weighted by atomic mass is 19.4. The van der Waals surface area contributed by atoms with Crippen molar-refractivity contribution in [2.45, 2.75) is 56.8 Å². The maximum Gasteiger partial charge on any atom is 0.389 e. The number of alkyl halides is 3. The summed E-state index contributed by atoms with van der Waals surface area (Å²) in [5, 5.41) is 0. The summed E-state index contributed by atoms with van der Waals surface area (Å²) in [5.74, 6) is 0. The van der Waals surface area contributed by atoms with Gasteiger partial charge in [0.1, 0.15) is 0 Å². The average molecular weight is 282 g/mol. The Morgan fingerprint density at radius 2 is 2.00 bits per heavy atom. The summed E-state index contributed by atoms with van der Waals surface area (Å²) in [6.07, 6.45) is -1.98. The molecular formula is C13H25F3N2O. The molecule has 1 fully saturated rings. The third-order valence-corrected chi connectivity index (χ3v) is 4.04. The Morgan fingerprint density at radius 3 is 2.47 bits per heavy atom. The van der Waals surface area contributed by atoms with Gasteiger partial charge in [0.25, 0.3) is 0 Å². The predicted molar refractivity (Wildman–Crippen MR) is 69.0 cm³/mol. The van der Waals surface area contributed by atoms with Crippen molar-refractivity contribution in [3.05, 3.63) is 0 Å². The summed E-state index contributed by atoms with van der Waals surface area (Å²) in [4.78, 5) is 2.05. The van der Waals surface area contributed by atoms with Gasteiger partial charge < -0.3 is 10.5 Å². The van der Waals surface area contributed by atoms with Crippen LogP contribution in [0, 0.1) is 0 Å². The Kier molecular flexibility index (Phi) is 6.08. The Balaban J connectivity index is 2.42. The molecule has 1 aliphatic rings. The largest absolute Gasteiger partial charge is 0.389 e. The summed E-state index contributed by atoms with van der Waals surface area (Å²) in [5.41, 5.74) is 5.38. The number of likely N-dealkylation sites (N-methyl/N-ethyl adjacent to an activating group) is 1. The zero-order valence-corrected chi connectivity index (χ0v) is 11.8. The highest BCUT2D eigenvalue weighted by Gasteiger charge is 2.33. The van der Waals surface area contributed by atoms with Gasteiger partial charge in [0, 0.05) is 31.7 Å². The second-order valence-corrected chi connectivity index (χ2v) is 5.69. The lowest BCUT2D eigenvalue weighted by atomic mass is 9.92. The van der Waals surface area contributed by atoms with E-state index in [1.807, 2.05) is 14.0 Å². The van der Waals surface area contributed by atoms with E-state index in [9.17, 15) is 13.2 Å². The lowest BCUT2D eigenvalue weighted by molar-refractivity contribution is -0.136. The molecule has 19 heavy (non-hydrogen) atoms. The smallest absolute Gasteiger partial charge is 0.377 e. The second kappa shape index (κ2) is 6.90. The molecule has 0 spiro atoms. The predicted octanol–water partition coefficient (Wildman–Crippen LogP) is 2.55. The number of hydrogen-bond donors (Lipinski definition) is 1. The molecule has 3 nitrogen and oxygen atoms in total. The summed E-state index contributed by atoms with van der Waals surface area (Å²) in [6.45, 7) is 3.80. The molecule has 0 aliphatic carbocycles. The van der Waals surface area contributed by atoms with E-state index < -0.39 is 18.1 Å². The van der Waals surface area contributed by atoms with E-state index in [2.05, 4.69) is 4.90 Å². The molecule has 114 valence electrons. The lowest BCUT2D eigenvalue weighted by Crippen LogP contribution is -2.52. The van der Waals surface area contributed by atoms with E-state index in [4.69, 9.17) is 10.5 Å². The van der Waals surface area contributed by atoms with Crippen LogP contribution in [0.1, 0.15) is 39.0 Å². The third-order valence-electron chi connectivity index (χ3n) is 4.04. The van der Waals surface area contributed by atoms with Crippen molar-refractivity contribution in [1.82, 2.24) is 4.90 Å². The quantitative estimate of drug-likeness (QED) is 0.780. The van der Waals surface area contributed by atoms with Crippen molar-refractivity contribution in [2.75, 3.05) is 26.7 Å². The fourth-order valence-electron chi connectivity index (χ4n) is 2.43. The van der Waals surface area contributed by atoms with Gasteiger partial charge in [-0.15, -0.1) is 0 Å². The fraction of sp³-hybridized carbons (Fsp3) is 1.00. The minimum absolute atomic E-state index is 0.118. The minimum Gasteiger partial charge on any atom is -0.377 e. The van der Waals surface area contributed by atoms with Crippen LogP contribution < -0.4 is 5.73 Å². The van der Waals surface area contributed by atoms with Crippen molar-refractivity contribution < 1.29 is 17.9 Å². The van der Waals surface area contributed by atoms with Crippen LogP contribution in [0.2, 0.25) is 0 Å². The molecule has 0 bridgehead atoms. The molecule has 2 N–H and O–H groups in total. The van der Waals surface area contributed by atoms with E-state index in [1.165, 1.54) is 0 Å². The van der Waals surface area contributed by atoms with Gasteiger partial charge in [-0.3, -0.25) is 4.90 Å². The number of rotatable bonds is 7. The molecule has 2 atom stereocenters. The molecule has 1 saturated heterocycles. The van der Waals surface area contributed by atoms with Crippen LogP contribution in [0.4, 0.5) is 13.2 Å². The van der Waals surface area contributed by atoms with Crippen LogP contribution in [-0.4, -0.2) is 49.5 Å². The molecule has 2 unspecified atom stereocenters. The molecule has 0 aromatic rings. The number of halogens is 3. The number of ether oxygens (including phenoxy) is 1. The van der Waals surface area contributed by atoms with Crippen LogP contribution in [0.15, 0.2) is 0 Å². The van der Waals surface area contributed by atoms with Crippen molar-refractivity contribution in [3.63, 3.8) is 0 Å². The first-order valence-corrected chi connectivity index (χ1v) is 6.86. The Bertz CT molecular complexity index is 267. The van der Waals surface area contributed by atoms with Gasteiger partial charge in [0.15, 0.2) is 0 Å². The summed E-state index contributed by atoms with van der Waals surface area (Å²) in [7, 11) is 1.92. The number of nitrogens with two attached hydrogens (primary N) is 1. The van der Waals surface area contributed by atoms with Gasteiger partial charge in [0.2, 0.25) is 0 Å². The zero-order chi connectivity index (χ0) is 14.5. The molecule has 1 aliphatic heterocycles. The average Bonchev–Trinajstić information content (AvgIpc) is 2.79. The first kappa shape index (κ1) is 16.7. The SMILES string of the molecule is CN(CC1CCCO1)C(C)(CN)CCCC(F)(F)F. The van der Waals surface area contributed by atoms with Gasteiger partial charge >= 0.3 is 6.18 Å². The Labute approximate surface area is 113 Å². The van der Waals surface area contributed by atoms with Crippen LogP contribution in [0.3, 0.4) is 0 Å². The van der Waals surface area contributed by atoms with E-state index in [0.29, 0.717) is 13.0 Å². The maximum absolute atomic E-state index is 12.2. The van der Waals surface area contributed by atoms with Gasteiger partial charge in [-0.2, -0.15) is 13.2 Å². The van der Waals surface area contributed by atoms with Crippen molar-refractivity contribution >= 4 is 0 Å². The van der Waals surface area contributed by atoms with Gasteiger partial charge in [-0.25, -0.2) is 0 Å². The first-order chi connectivity index (χ1) is 8.77. The maximum atomic E-state index is 12.2. The van der Waals surface area contributed by atoms with Crippen molar-refractivity contribution in [1.29, 1.82) is 0 Å². The van der Waals surface area contributed by atoms with Crippen LogP contribution in [0.25, 0.3) is 0 Å². The van der Waals surface area contributed by atoms with Gasteiger partial charge in [-0.1, -0.05) is 0 Å². The highest BCUT2D eigenvalue weighted by molar-refractivity contribution is 4.87. The highest BCUT2D eigenvalue weighted by Crippen LogP contribution is 2.27. The van der Waals surface area contributed by atoms with Gasteiger partial charge in [0.05, 0.1) is 6.10 Å². The molecule has 0 amide bonds. The monoisotopic (exact) mass is 282 g/mol. The standard InChI is InChI=1S/C13H25F3N2O/c1-12(10-17,6-4-7-13(14,15)16)18(2)9-11-5-3-8-19-11/h11H,3-10,17H2,1-2H3. The minimum atomic E-state index is -4.08. The molecule has 0 aromatic carbocycles. The van der Waals surface area contributed by atoms with E-state index in [1.54, 1.807) is 0 Å². The Hall–Kier alpha value is -0.330. The van der Waals surface area contributed by atoms with E-state index >= 15 is 0 Å². The zero-order valence-electron chi connectivity index (χ0n) is 11.8. The molecule has 0 saturated carbocycles. The number of nitrogens with zero attached hydrogens (tertiary/aromatic N) is 1. The van der Waals surface area contributed by atoms with Crippen molar-refractivity contribution in [2.24, 2.45) is 5.73 Å². The third kappa shape index (κ3) is 5.67. The Morgan fingerprint density at radius 1 is 1.32 bits per heavy atom. The van der Waals surface area contributed by atoms with Crippen LogP contribution in [-0.2, 0) is 4.74 Å². The van der Waals surface area contributed by atoms with Crippen LogP contribution >= 0.6 is 0 Å². The van der Waals surface area contributed by atoms with E-state index in [0.717, 1.165) is 26.0 Å². The summed E-state index contributed by atoms with van der Waals surface area (Å²) >= 11 is 0. The fourth-order valence-corrected chi connectivity index (χ4v) is 2.43. The number of hydrogen-bond acceptors (Lipinski definition) is 3. The molecule has 0 radical (unpaired) electrons. The normalized spacial score (nSPS) is 23.8. The first-order valence-electron chi connectivity index (χ1n) is 6.86. The molecular weight excluding hydrogens is 257 g/mol. The molecule has 1 rings (SSSR count). The second-order valence-electron chi connectivity index (χ2n) is 5.69. The molecule has 1 heterocycles. The topological polar surface area (TPSA) is 38.5 Å². The molecule has 6 heteroatoms. The summed E-state index contributed by atoms with van der Waals surface area (Å²) in [6, 6.07) is 0. The van der Waals surface area contributed by atoms with Crippen molar-refractivity contribution in [3.8, 4) is 0 Å². The lowest BCUT2D eigenvalue weighted by Gasteiger charge is -2.39. The van der Waals surface area contributed by atoms with Crippen LogP contribution in [0.5, 0.6) is 0 Å². The molecule has 0 aromatic heterocycles. The summed E-state index contributed by atoms with van der Waals surface area (Å²) < 4.78 is 42.2.